The lowest BCUT2D eigenvalue weighted by Gasteiger charge is -2.19. The molecule has 4 rings (SSSR count). The maximum atomic E-state index is 12.9. The molecule has 6 heteroatoms. The Bertz CT molecular complexity index is 951. The van der Waals surface area contributed by atoms with Crippen molar-refractivity contribution in [3.05, 3.63) is 90.0 Å². The van der Waals surface area contributed by atoms with Gasteiger partial charge in [0.05, 0.1) is 0 Å². The first-order valence-electron chi connectivity index (χ1n) is 8.83. The third kappa shape index (κ3) is 3.60. The molecule has 6 nitrogen and oxygen atoms in total. The summed E-state index contributed by atoms with van der Waals surface area (Å²) >= 11 is 0. The lowest BCUT2D eigenvalue weighted by molar-refractivity contribution is -0.115. The van der Waals surface area contributed by atoms with Gasteiger partial charge in [-0.15, -0.1) is 0 Å². The molecular weight excluding hydrogens is 340 g/mol. The van der Waals surface area contributed by atoms with Crippen molar-refractivity contribution in [1.29, 1.82) is 0 Å². The van der Waals surface area contributed by atoms with Crippen LogP contribution in [0.2, 0.25) is 0 Å². The second-order valence-electron chi connectivity index (χ2n) is 6.46. The standard InChI is InChI=1S/C21H20N4O2/c1-25-13-12-22-20(25)19(16-10-6-3-7-11-16)23-21(26)17-14-18(27-24-17)15-8-4-2-5-9-15/h2-13,18-19H,14H2,1H3,(H,23,26)/t18-,19-/m1/s1. The van der Waals surface area contributed by atoms with Crippen molar-refractivity contribution in [2.75, 3.05) is 0 Å². The van der Waals surface area contributed by atoms with E-state index in [4.69, 9.17) is 4.84 Å². The van der Waals surface area contributed by atoms with Crippen molar-refractivity contribution in [3.8, 4) is 0 Å². The Labute approximate surface area is 157 Å². The Morgan fingerprint density at radius 3 is 2.52 bits per heavy atom. The molecule has 1 aliphatic rings. The molecule has 0 spiro atoms. The zero-order chi connectivity index (χ0) is 18.6. The first-order chi connectivity index (χ1) is 13.2. The molecular formula is C21H20N4O2. The highest BCUT2D eigenvalue weighted by atomic mass is 16.6. The highest BCUT2D eigenvalue weighted by molar-refractivity contribution is 6.39. The summed E-state index contributed by atoms with van der Waals surface area (Å²) in [6, 6.07) is 19.2. The summed E-state index contributed by atoms with van der Waals surface area (Å²) in [7, 11) is 1.91. The lowest BCUT2D eigenvalue weighted by atomic mass is 10.0. The number of carbonyl (C=O) groups excluding carboxylic acids is 1. The molecule has 2 aromatic carbocycles. The third-order valence-electron chi connectivity index (χ3n) is 4.63. The van der Waals surface area contributed by atoms with Crippen LogP contribution in [0.3, 0.4) is 0 Å². The van der Waals surface area contributed by atoms with Crippen LogP contribution in [0.4, 0.5) is 0 Å². The van der Waals surface area contributed by atoms with Gasteiger partial charge in [0.25, 0.3) is 5.91 Å². The maximum absolute atomic E-state index is 12.9. The van der Waals surface area contributed by atoms with Crippen LogP contribution in [-0.4, -0.2) is 21.2 Å². The second kappa shape index (κ2) is 7.45. The summed E-state index contributed by atoms with van der Waals surface area (Å²) in [5.41, 5.74) is 2.35. The third-order valence-corrected chi connectivity index (χ3v) is 4.63. The fourth-order valence-electron chi connectivity index (χ4n) is 3.17. The van der Waals surface area contributed by atoms with Gasteiger partial charge < -0.3 is 14.7 Å². The number of aryl methyl sites for hydroxylation is 1. The molecule has 1 amide bonds. The van der Waals surface area contributed by atoms with Crippen LogP contribution >= 0.6 is 0 Å². The summed E-state index contributed by atoms with van der Waals surface area (Å²) < 4.78 is 1.90. The summed E-state index contributed by atoms with van der Waals surface area (Å²) in [6.07, 6.45) is 3.80. The Hall–Kier alpha value is -3.41. The van der Waals surface area contributed by atoms with Crippen molar-refractivity contribution in [3.63, 3.8) is 0 Å². The second-order valence-corrected chi connectivity index (χ2v) is 6.46. The van der Waals surface area contributed by atoms with Gasteiger partial charge in [-0.1, -0.05) is 65.8 Å². The highest BCUT2D eigenvalue weighted by Gasteiger charge is 2.30. The van der Waals surface area contributed by atoms with Gasteiger partial charge in [0.1, 0.15) is 17.6 Å². The Kier molecular flexibility index (Phi) is 4.70. The van der Waals surface area contributed by atoms with E-state index in [-0.39, 0.29) is 18.1 Å². The van der Waals surface area contributed by atoms with Crippen LogP contribution in [0.5, 0.6) is 0 Å². The fourth-order valence-corrected chi connectivity index (χ4v) is 3.17. The van der Waals surface area contributed by atoms with Gasteiger partial charge in [0.2, 0.25) is 0 Å². The average Bonchev–Trinajstić information content (AvgIpc) is 3.37. The summed E-state index contributed by atoms with van der Waals surface area (Å²) in [5.74, 6) is 0.513. The van der Waals surface area contributed by atoms with Crippen molar-refractivity contribution < 1.29 is 9.63 Å². The number of benzene rings is 2. The van der Waals surface area contributed by atoms with Gasteiger partial charge in [0.15, 0.2) is 6.10 Å². The van der Waals surface area contributed by atoms with Gasteiger partial charge in [-0.2, -0.15) is 0 Å². The predicted molar refractivity (Wildman–Crippen MR) is 102 cm³/mol. The highest BCUT2D eigenvalue weighted by Crippen LogP contribution is 2.28. The molecule has 0 bridgehead atoms. The molecule has 1 aliphatic heterocycles. The van der Waals surface area contributed by atoms with E-state index in [0.29, 0.717) is 12.1 Å². The lowest BCUT2D eigenvalue weighted by Crippen LogP contribution is -2.35. The molecule has 0 saturated heterocycles. The van der Waals surface area contributed by atoms with Gasteiger partial charge >= 0.3 is 0 Å². The summed E-state index contributed by atoms with van der Waals surface area (Å²) in [6.45, 7) is 0. The maximum Gasteiger partial charge on any atom is 0.270 e. The molecule has 0 unspecified atom stereocenters. The minimum absolute atomic E-state index is 0.227. The Morgan fingerprint density at radius 2 is 1.85 bits per heavy atom. The van der Waals surface area contributed by atoms with Crippen molar-refractivity contribution in [1.82, 2.24) is 14.9 Å². The van der Waals surface area contributed by atoms with E-state index < -0.39 is 0 Å². The van der Waals surface area contributed by atoms with Crippen LogP contribution in [0.15, 0.2) is 78.2 Å². The monoisotopic (exact) mass is 360 g/mol. The average molecular weight is 360 g/mol. The molecule has 27 heavy (non-hydrogen) atoms. The van der Waals surface area contributed by atoms with Crippen molar-refractivity contribution in [2.45, 2.75) is 18.6 Å². The molecule has 0 fully saturated rings. The van der Waals surface area contributed by atoms with Crippen molar-refractivity contribution in [2.24, 2.45) is 12.2 Å². The first kappa shape index (κ1) is 17.0. The molecule has 3 aromatic rings. The molecule has 2 heterocycles. The van der Waals surface area contributed by atoms with Crippen LogP contribution < -0.4 is 5.32 Å². The number of hydrogen-bond donors (Lipinski definition) is 1. The molecule has 0 radical (unpaired) electrons. The first-order valence-corrected chi connectivity index (χ1v) is 8.83. The normalized spacial score (nSPS) is 17.1. The molecule has 2 atom stereocenters. The zero-order valence-electron chi connectivity index (χ0n) is 14.9. The van der Waals surface area contributed by atoms with Gasteiger partial charge in [0, 0.05) is 25.9 Å². The van der Waals surface area contributed by atoms with Crippen LogP contribution in [-0.2, 0) is 16.7 Å². The number of nitrogens with one attached hydrogen (secondary N) is 1. The van der Waals surface area contributed by atoms with E-state index in [1.807, 2.05) is 78.5 Å². The van der Waals surface area contributed by atoms with E-state index in [9.17, 15) is 4.79 Å². The molecule has 1 aromatic heterocycles. The van der Waals surface area contributed by atoms with Crippen LogP contribution in [0.1, 0.15) is 35.5 Å². The molecule has 0 aliphatic carbocycles. The fraction of sp³-hybridized carbons (Fsp3) is 0.190. The largest absolute Gasteiger partial charge is 0.387 e. The number of carbonyl (C=O) groups is 1. The predicted octanol–water partition coefficient (Wildman–Crippen LogP) is 3.14. The quantitative estimate of drug-likeness (QED) is 0.760. The number of rotatable bonds is 5. The Morgan fingerprint density at radius 1 is 1.15 bits per heavy atom. The smallest absolute Gasteiger partial charge is 0.270 e. The molecule has 1 N–H and O–H groups in total. The SMILES string of the molecule is Cn1ccnc1[C@H](NC(=O)C1=NO[C@@H](c2ccccc2)C1)c1ccccc1. The number of nitrogens with zero attached hydrogens (tertiary/aromatic N) is 3. The van der Waals surface area contributed by atoms with Crippen molar-refractivity contribution >= 4 is 11.6 Å². The topological polar surface area (TPSA) is 68.5 Å². The number of hydrogen-bond acceptors (Lipinski definition) is 4. The zero-order valence-corrected chi connectivity index (χ0v) is 14.9. The van der Waals surface area contributed by atoms with E-state index in [0.717, 1.165) is 17.0 Å². The van der Waals surface area contributed by atoms with E-state index in [2.05, 4.69) is 15.5 Å². The summed E-state index contributed by atoms with van der Waals surface area (Å²) in [4.78, 5) is 22.7. The van der Waals surface area contributed by atoms with Gasteiger partial charge in [-0.3, -0.25) is 4.79 Å². The van der Waals surface area contributed by atoms with Gasteiger partial charge in [-0.05, 0) is 11.1 Å². The summed E-state index contributed by atoms with van der Waals surface area (Å²) in [5, 5.41) is 7.08. The van der Waals surface area contributed by atoms with E-state index >= 15 is 0 Å². The molecule has 0 saturated carbocycles. The minimum Gasteiger partial charge on any atom is -0.387 e. The van der Waals surface area contributed by atoms with Crippen LogP contribution in [0, 0.1) is 0 Å². The minimum atomic E-state index is -0.364. The number of imidazole rings is 1. The van der Waals surface area contributed by atoms with E-state index in [1.54, 1.807) is 6.20 Å². The number of oxime groups is 1. The van der Waals surface area contributed by atoms with E-state index in [1.165, 1.54) is 0 Å². The van der Waals surface area contributed by atoms with Crippen LogP contribution in [0.25, 0.3) is 0 Å². The number of amides is 1. The van der Waals surface area contributed by atoms with Gasteiger partial charge in [-0.25, -0.2) is 4.98 Å². The number of aromatic nitrogens is 2. The Balaban J connectivity index is 1.52. The molecule has 136 valence electrons.